The van der Waals surface area contributed by atoms with Gasteiger partial charge in [0.15, 0.2) is 5.76 Å². The van der Waals surface area contributed by atoms with Crippen molar-refractivity contribution in [3.8, 4) is 0 Å². The molecule has 1 amide bonds. The highest BCUT2D eigenvalue weighted by atomic mass is 16.5. The van der Waals surface area contributed by atoms with Crippen LogP contribution in [0.5, 0.6) is 0 Å². The molecule has 3 aliphatic rings. The third kappa shape index (κ3) is 3.91. The topological polar surface area (TPSA) is 55.2 Å². The van der Waals surface area contributed by atoms with Crippen LogP contribution in [0.25, 0.3) is 0 Å². The number of likely N-dealkylation sites (tertiary alicyclic amines) is 2. The minimum absolute atomic E-state index is 0.0126. The fraction of sp³-hybridized carbons (Fsp3) is 0.737. The van der Waals surface area contributed by atoms with E-state index in [-0.39, 0.29) is 24.2 Å². The third-order valence-electron chi connectivity index (χ3n) is 5.68. The average Bonchev–Trinajstić information content (AvgIpc) is 3.39. The highest BCUT2D eigenvalue weighted by molar-refractivity contribution is 5.91. The molecule has 0 saturated carbocycles. The smallest absolute Gasteiger partial charge is 0.289 e. The number of rotatable bonds is 6. The van der Waals surface area contributed by atoms with Gasteiger partial charge in [-0.15, -0.1) is 0 Å². The zero-order valence-electron chi connectivity index (χ0n) is 14.8. The monoisotopic (exact) mass is 348 g/mol. The fourth-order valence-corrected chi connectivity index (χ4v) is 4.33. The van der Waals surface area contributed by atoms with Crippen LogP contribution in [0.3, 0.4) is 0 Å². The maximum Gasteiger partial charge on any atom is 0.289 e. The van der Waals surface area contributed by atoms with E-state index in [1.165, 1.54) is 25.9 Å². The van der Waals surface area contributed by atoms with E-state index in [1.807, 2.05) is 4.90 Å². The van der Waals surface area contributed by atoms with E-state index in [9.17, 15) is 4.79 Å². The number of furan rings is 1. The molecule has 3 aliphatic heterocycles. The van der Waals surface area contributed by atoms with Crippen LogP contribution in [0.2, 0.25) is 0 Å². The lowest BCUT2D eigenvalue weighted by Gasteiger charge is -2.35. The highest BCUT2D eigenvalue weighted by Crippen LogP contribution is 2.32. The number of nitrogens with zero attached hydrogens (tertiary/aromatic N) is 2. The second kappa shape index (κ2) is 7.89. The molecule has 3 atom stereocenters. The molecule has 0 spiro atoms. The second-order valence-electron chi connectivity index (χ2n) is 7.33. The number of ether oxygens (including phenoxy) is 2. The van der Waals surface area contributed by atoms with Crippen LogP contribution >= 0.6 is 0 Å². The van der Waals surface area contributed by atoms with E-state index in [0.29, 0.717) is 12.4 Å². The lowest BCUT2D eigenvalue weighted by atomic mass is 9.99. The zero-order chi connectivity index (χ0) is 17.1. The van der Waals surface area contributed by atoms with E-state index in [1.54, 1.807) is 18.4 Å². The van der Waals surface area contributed by atoms with Gasteiger partial charge >= 0.3 is 0 Å². The Morgan fingerprint density at radius 3 is 2.88 bits per heavy atom. The molecule has 3 fully saturated rings. The molecule has 25 heavy (non-hydrogen) atoms. The van der Waals surface area contributed by atoms with Crippen molar-refractivity contribution in [1.82, 2.24) is 9.80 Å². The van der Waals surface area contributed by atoms with Crippen LogP contribution in [-0.4, -0.2) is 73.3 Å². The summed E-state index contributed by atoms with van der Waals surface area (Å²) in [6.07, 6.45) is 7.33. The third-order valence-corrected chi connectivity index (χ3v) is 5.68. The van der Waals surface area contributed by atoms with Gasteiger partial charge in [0.05, 0.1) is 37.7 Å². The Kier molecular flexibility index (Phi) is 5.39. The molecule has 6 heteroatoms. The molecule has 4 rings (SSSR count). The Labute approximate surface area is 149 Å². The van der Waals surface area contributed by atoms with E-state index in [2.05, 4.69) is 4.90 Å². The Bertz CT molecular complexity index is 556. The van der Waals surface area contributed by atoms with Gasteiger partial charge in [-0.05, 0) is 57.3 Å². The first kappa shape index (κ1) is 17.1. The predicted molar refractivity (Wildman–Crippen MR) is 92.5 cm³/mol. The number of amides is 1. The summed E-state index contributed by atoms with van der Waals surface area (Å²) in [6, 6.07) is 3.67. The van der Waals surface area contributed by atoms with Gasteiger partial charge in [0.1, 0.15) is 0 Å². The molecule has 138 valence electrons. The first-order chi connectivity index (χ1) is 12.3. The molecule has 0 aliphatic carbocycles. The molecule has 4 heterocycles. The van der Waals surface area contributed by atoms with E-state index >= 15 is 0 Å². The van der Waals surface area contributed by atoms with Crippen LogP contribution in [0, 0.1) is 0 Å². The molecule has 0 radical (unpaired) electrons. The minimum atomic E-state index is -0.0126. The van der Waals surface area contributed by atoms with Crippen molar-refractivity contribution >= 4 is 5.91 Å². The number of carbonyl (C=O) groups is 1. The molecule has 1 aromatic rings. The summed E-state index contributed by atoms with van der Waals surface area (Å²) in [5.41, 5.74) is 0. The molecule has 0 unspecified atom stereocenters. The number of hydrogen-bond donors (Lipinski definition) is 0. The van der Waals surface area contributed by atoms with Crippen molar-refractivity contribution in [2.45, 2.75) is 50.4 Å². The molecular formula is C19H28N2O4. The van der Waals surface area contributed by atoms with E-state index < -0.39 is 0 Å². The molecule has 0 bridgehead atoms. The molecule has 0 aromatic carbocycles. The summed E-state index contributed by atoms with van der Waals surface area (Å²) in [6.45, 7) is 5.67. The van der Waals surface area contributed by atoms with Gasteiger partial charge in [0.2, 0.25) is 0 Å². The molecule has 0 N–H and O–H groups in total. The van der Waals surface area contributed by atoms with Crippen LogP contribution in [-0.2, 0) is 9.47 Å². The fourth-order valence-electron chi connectivity index (χ4n) is 4.33. The largest absolute Gasteiger partial charge is 0.459 e. The Morgan fingerprint density at radius 1 is 1.20 bits per heavy atom. The second-order valence-corrected chi connectivity index (χ2v) is 7.33. The van der Waals surface area contributed by atoms with Crippen LogP contribution in [0.15, 0.2) is 22.8 Å². The van der Waals surface area contributed by atoms with Crippen molar-refractivity contribution in [2.75, 3.05) is 39.4 Å². The SMILES string of the molecule is O=C(c1ccco1)N1CC[C@@H]2O[C@@H](COCCN3CCCC3)CC[C@@H]21. The molecule has 6 nitrogen and oxygen atoms in total. The van der Waals surface area contributed by atoms with E-state index in [4.69, 9.17) is 13.9 Å². The summed E-state index contributed by atoms with van der Waals surface area (Å²) in [5.74, 6) is 0.412. The molecule has 1 aromatic heterocycles. The normalized spacial score (nSPS) is 29.9. The maximum absolute atomic E-state index is 12.5. The van der Waals surface area contributed by atoms with Gasteiger partial charge in [-0.1, -0.05) is 0 Å². The van der Waals surface area contributed by atoms with Gasteiger partial charge in [-0.3, -0.25) is 4.79 Å². The first-order valence-corrected chi connectivity index (χ1v) is 9.61. The Balaban J connectivity index is 1.21. The summed E-state index contributed by atoms with van der Waals surface area (Å²) in [7, 11) is 0. The standard InChI is InChI=1S/C19H28N2O4/c22-19(18-4-3-12-24-18)21-10-7-17-16(21)6-5-15(25-17)14-23-13-11-20-8-1-2-9-20/h3-4,12,15-17H,1-2,5-11,13-14H2/t15-,16+,17+/m1/s1. The Morgan fingerprint density at radius 2 is 2.08 bits per heavy atom. The predicted octanol–water partition coefficient (Wildman–Crippen LogP) is 2.15. The van der Waals surface area contributed by atoms with Crippen molar-refractivity contribution in [3.63, 3.8) is 0 Å². The summed E-state index contributed by atoms with van der Waals surface area (Å²) in [4.78, 5) is 16.9. The lowest BCUT2D eigenvalue weighted by molar-refractivity contribution is -0.0973. The van der Waals surface area contributed by atoms with Crippen molar-refractivity contribution in [3.05, 3.63) is 24.2 Å². The maximum atomic E-state index is 12.5. The highest BCUT2D eigenvalue weighted by Gasteiger charge is 2.42. The quantitative estimate of drug-likeness (QED) is 0.738. The van der Waals surface area contributed by atoms with Crippen LogP contribution in [0.4, 0.5) is 0 Å². The van der Waals surface area contributed by atoms with Gasteiger partial charge in [0, 0.05) is 13.1 Å². The van der Waals surface area contributed by atoms with Crippen molar-refractivity contribution < 1.29 is 18.7 Å². The number of fused-ring (bicyclic) bond motifs is 1. The van der Waals surface area contributed by atoms with Crippen molar-refractivity contribution in [2.24, 2.45) is 0 Å². The first-order valence-electron chi connectivity index (χ1n) is 9.61. The van der Waals surface area contributed by atoms with Crippen LogP contribution < -0.4 is 0 Å². The zero-order valence-corrected chi connectivity index (χ0v) is 14.8. The van der Waals surface area contributed by atoms with Gasteiger partial charge in [0.25, 0.3) is 5.91 Å². The molecule has 3 saturated heterocycles. The number of hydrogen-bond acceptors (Lipinski definition) is 5. The summed E-state index contributed by atoms with van der Waals surface area (Å²) >= 11 is 0. The van der Waals surface area contributed by atoms with E-state index in [0.717, 1.165) is 39.0 Å². The summed E-state index contributed by atoms with van der Waals surface area (Å²) < 4.78 is 17.3. The van der Waals surface area contributed by atoms with Gasteiger partial charge in [-0.25, -0.2) is 0 Å². The van der Waals surface area contributed by atoms with Gasteiger partial charge < -0.3 is 23.7 Å². The van der Waals surface area contributed by atoms with Crippen molar-refractivity contribution in [1.29, 1.82) is 0 Å². The Hall–Kier alpha value is -1.37. The summed E-state index contributed by atoms with van der Waals surface area (Å²) in [5, 5.41) is 0. The average molecular weight is 348 g/mol. The van der Waals surface area contributed by atoms with Crippen LogP contribution in [0.1, 0.15) is 42.7 Å². The molecular weight excluding hydrogens is 320 g/mol. The lowest BCUT2D eigenvalue weighted by Crippen LogP contribution is -2.46. The number of carbonyl (C=O) groups excluding carboxylic acids is 1. The van der Waals surface area contributed by atoms with Gasteiger partial charge in [-0.2, -0.15) is 0 Å². The minimum Gasteiger partial charge on any atom is -0.459 e.